The number of carbonyl (C=O) groups is 1. The molecule has 0 spiro atoms. The first-order chi connectivity index (χ1) is 12.0. The number of aryl methyl sites for hydroxylation is 2. The summed E-state index contributed by atoms with van der Waals surface area (Å²) in [5.41, 5.74) is 2.87. The van der Waals surface area contributed by atoms with Gasteiger partial charge < -0.3 is 9.64 Å². The molecule has 2 aromatic rings. The van der Waals surface area contributed by atoms with Gasteiger partial charge in [-0.2, -0.15) is 0 Å². The zero-order valence-electron chi connectivity index (χ0n) is 14.1. The molecule has 3 rings (SSSR count). The van der Waals surface area contributed by atoms with Crippen molar-refractivity contribution in [2.75, 3.05) is 18.1 Å². The molecule has 2 aromatic carbocycles. The molecule has 1 aliphatic heterocycles. The fourth-order valence-electron chi connectivity index (χ4n) is 2.91. The van der Waals surface area contributed by atoms with Gasteiger partial charge in [0.2, 0.25) is 5.91 Å². The number of non-ortho nitro benzene ring substituents is 1. The molecule has 0 aliphatic carbocycles. The summed E-state index contributed by atoms with van der Waals surface area (Å²) < 4.78 is 5.51. The number of carbonyl (C=O) groups excluding carboxylic acids is 1. The summed E-state index contributed by atoms with van der Waals surface area (Å²) in [5, 5.41) is 11.0. The minimum atomic E-state index is -0.463. The molecule has 0 saturated heterocycles. The molecule has 1 amide bonds. The predicted molar refractivity (Wildman–Crippen MR) is 95.1 cm³/mol. The van der Waals surface area contributed by atoms with Crippen LogP contribution in [0.3, 0.4) is 0 Å². The van der Waals surface area contributed by atoms with E-state index in [0.717, 1.165) is 12.8 Å². The second kappa shape index (κ2) is 7.34. The van der Waals surface area contributed by atoms with Gasteiger partial charge in [0, 0.05) is 18.6 Å². The van der Waals surface area contributed by atoms with Crippen LogP contribution >= 0.6 is 0 Å². The Morgan fingerprint density at radius 2 is 2.00 bits per heavy atom. The standard InChI is InChI=1S/C19H20N2O4/c1-14-5-7-15(8-6-14)3-2-4-19(22)20-11-12-25-18-10-9-16(21(23)24)13-17(18)20/h5-10,13H,2-4,11-12H2,1H3. The van der Waals surface area contributed by atoms with Crippen molar-refractivity contribution in [3.05, 3.63) is 63.7 Å². The number of nitrogens with zero attached hydrogens (tertiary/aromatic N) is 2. The lowest BCUT2D eigenvalue weighted by atomic mass is 10.1. The van der Waals surface area contributed by atoms with Gasteiger partial charge in [-0.1, -0.05) is 29.8 Å². The number of fused-ring (bicyclic) bond motifs is 1. The second-order valence-electron chi connectivity index (χ2n) is 6.14. The SMILES string of the molecule is Cc1ccc(CCCC(=O)N2CCOc3ccc([N+](=O)[O-])cc32)cc1. The molecule has 0 bridgehead atoms. The highest BCUT2D eigenvalue weighted by atomic mass is 16.6. The third kappa shape index (κ3) is 3.96. The molecule has 0 N–H and O–H groups in total. The number of benzene rings is 2. The van der Waals surface area contributed by atoms with Crippen LogP contribution < -0.4 is 9.64 Å². The number of nitro benzene ring substituents is 1. The number of amides is 1. The van der Waals surface area contributed by atoms with Crippen molar-refractivity contribution >= 4 is 17.3 Å². The van der Waals surface area contributed by atoms with Crippen LogP contribution in [0.15, 0.2) is 42.5 Å². The Kier molecular flexibility index (Phi) is 4.97. The maximum absolute atomic E-state index is 12.6. The summed E-state index contributed by atoms with van der Waals surface area (Å²) >= 11 is 0. The molecule has 1 heterocycles. The third-order valence-corrected chi connectivity index (χ3v) is 4.29. The van der Waals surface area contributed by atoms with E-state index < -0.39 is 4.92 Å². The Bertz CT molecular complexity index is 787. The summed E-state index contributed by atoms with van der Waals surface area (Å²) in [7, 11) is 0. The quantitative estimate of drug-likeness (QED) is 0.615. The molecule has 6 heteroatoms. The third-order valence-electron chi connectivity index (χ3n) is 4.29. The average Bonchev–Trinajstić information content (AvgIpc) is 2.62. The van der Waals surface area contributed by atoms with E-state index in [0.29, 0.717) is 31.0 Å². The molecule has 25 heavy (non-hydrogen) atoms. The summed E-state index contributed by atoms with van der Waals surface area (Å²) in [6.45, 7) is 2.86. The predicted octanol–water partition coefficient (Wildman–Crippen LogP) is 3.65. The summed E-state index contributed by atoms with van der Waals surface area (Å²) in [6, 6.07) is 12.6. The van der Waals surface area contributed by atoms with Gasteiger partial charge in [0.15, 0.2) is 0 Å². The first-order valence-corrected chi connectivity index (χ1v) is 8.32. The Labute approximate surface area is 146 Å². The van der Waals surface area contributed by atoms with E-state index in [2.05, 4.69) is 24.3 Å². The molecule has 130 valence electrons. The molecule has 6 nitrogen and oxygen atoms in total. The molecule has 0 fully saturated rings. The van der Waals surface area contributed by atoms with Crippen molar-refractivity contribution in [1.82, 2.24) is 0 Å². The number of anilines is 1. The monoisotopic (exact) mass is 340 g/mol. The normalized spacial score (nSPS) is 13.1. The van der Waals surface area contributed by atoms with Crippen molar-refractivity contribution in [2.24, 2.45) is 0 Å². The van der Waals surface area contributed by atoms with Gasteiger partial charge in [0.05, 0.1) is 17.2 Å². The van der Waals surface area contributed by atoms with Crippen molar-refractivity contribution in [3.8, 4) is 5.75 Å². The van der Waals surface area contributed by atoms with E-state index in [-0.39, 0.29) is 11.6 Å². The Balaban J connectivity index is 1.66. The lowest BCUT2D eigenvalue weighted by molar-refractivity contribution is -0.384. The summed E-state index contributed by atoms with van der Waals surface area (Å²) in [5.74, 6) is 0.487. The lowest BCUT2D eigenvalue weighted by Crippen LogP contribution is -2.37. The van der Waals surface area contributed by atoms with Crippen LogP contribution in [0.4, 0.5) is 11.4 Å². The largest absolute Gasteiger partial charge is 0.490 e. The van der Waals surface area contributed by atoms with E-state index >= 15 is 0 Å². The van der Waals surface area contributed by atoms with Crippen LogP contribution in [0.1, 0.15) is 24.0 Å². The van der Waals surface area contributed by atoms with Gasteiger partial charge in [-0.05, 0) is 31.4 Å². The van der Waals surface area contributed by atoms with Crippen molar-refractivity contribution in [2.45, 2.75) is 26.2 Å². The van der Waals surface area contributed by atoms with Gasteiger partial charge in [0.25, 0.3) is 5.69 Å². The highest BCUT2D eigenvalue weighted by Crippen LogP contribution is 2.35. The Morgan fingerprint density at radius 3 is 2.72 bits per heavy atom. The van der Waals surface area contributed by atoms with Gasteiger partial charge in [-0.25, -0.2) is 0 Å². The van der Waals surface area contributed by atoms with Crippen LogP contribution in [-0.4, -0.2) is 24.0 Å². The van der Waals surface area contributed by atoms with Crippen LogP contribution in [-0.2, 0) is 11.2 Å². The van der Waals surface area contributed by atoms with E-state index in [4.69, 9.17) is 4.74 Å². The van der Waals surface area contributed by atoms with E-state index in [1.54, 1.807) is 11.0 Å². The minimum Gasteiger partial charge on any atom is -0.490 e. The first kappa shape index (κ1) is 17.0. The lowest BCUT2D eigenvalue weighted by Gasteiger charge is -2.29. The van der Waals surface area contributed by atoms with Crippen molar-refractivity contribution in [1.29, 1.82) is 0 Å². The summed E-state index contributed by atoms with van der Waals surface area (Å²) in [4.78, 5) is 24.7. The maximum Gasteiger partial charge on any atom is 0.271 e. The summed E-state index contributed by atoms with van der Waals surface area (Å²) in [6.07, 6.45) is 1.97. The molecular weight excluding hydrogens is 320 g/mol. The Morgan fingerprint density at radius 1 is 1.24 bits per heavy atom. The van der Waals surface area contributed by atoms with Crippen molar-refractivity contribution in [3.63, 3.8) is 0 Å². The Hall–Kier alpha value is -2.89. The fourth-order valence-corrected chi connectivity index (χ4v) is 2.91. The van der Waals surface area contributed by atoms with E-state index in [1.807, 2.05) is 6.92 Å². The number of hydrogen-bond acceptors (Lipinski definition) is 4. The zero-order valence-corrected chi connectivity index (χ0v) is 14.1. The molecule has 0 unspecified atom stereocenters. The highest BCUT2D eigenvalue weighted by Gasteiger charge is 2.25. The van der Waals surface area contributed by atoms with Gasteiger partial charge in [-0.15, -0.1) is 0 Å². The van der Waals surface area contributed by atoms with Crippen LogP contribution in [0.5, 0.6) is 5.75 Å². The maximum atomic E-state index is 12.6. The van der Waals surface area contributed by atoms with E-state index in [1.165, 1.54) is 23.3 Å². The number of rotatable bonds is 5. The van der Waals surface area contributed by atoms with Crippen LogP contribution in [0.25, 0.3) is 0 Å². The topological polar surface area (TPSA) is 72.7 Å². The number of nitro groups is 1. The first-order valence-electron chi connectivity index (χ1n) is 8.32. The van der Waals surface area contributed by atoms with Crippen LogP contribution in [0, 0.1) is 17.0 Å². The van der Waals surface area contributed by atoms with Gasteiger partial charge in [0.1, 0.15) is 12.4 Å². The molecular formula is C19H20N2O4. The average molecular weight is 340 g/mol. The van der Waals surface area contributed by atoms with Gasteiger partial charge >= 0.3 is 0 Å². The fraction of sp³-hybridized carbons (Fsp3) is 0.316. The minimum absolute atomic E-state index is 0.0304. The number of ether oxygens (including phenoxy) is 1. The molecule has 1 aliphatic rings. The highest BCUT2D eigenvalue weighted by molar-refractivity contribution is 5.95. The molecule has 0 radical (unpaired) electrons. The van der Waals surface area contributed by atoms with Crippen molar-refractivity contribution < 1.29 is 14.5 Å². The van der Waals surface area contributed by atoms with E-state index in [9.17, 15) is 14.9 Å². The smallest absolute Gasteiger partial charge is 0.271 e. The zero-order chi connectivity index (χ0) is 17.8. The van der Waals surface area contributed by atoms with Gasteiger partial charge in [-0.3, -0.25) is 14.9 Å². The molecule has 0 aromatic heterocycles. The number of hydrogen-bond donors (Lipinski definition) is 0. The molecule has 0 atom stereocenters. The second-order valence-corrected chi connectivity index (χ2v) is 6.14. The van der Waals surface area contributed by atoms with Crippen LogP contribution in [0.2, 0.25) is 0 Å². The molecule has 0 saturated carbocycles.